The third-order valence-corrected chi connectivity index (χ3v) is 7.69. The maximum absolute atomic E-state index is 12.7. The van der Waals surface area contributed by atoms with E-state index in [1.54, 1.807) is 23.1 Å². The second-order valence-corrected chi connectivity index (χ2v) is 10.2. The first-order valence-electron chi connectivity index (χ1n) is 8.45. The summed E-state index contributed by atoms with van der Waals surface area (Å²) in [6.07, 6.45) is 1.04. The van der Waals surface area contributed by atoms with Gasteiger partial charge in [0.15, 0.2) is 4.34 Å². The van der Waals surface area contributed by atoms with Crippen LogP contribution in [0.2, 0.25) is 0 Å². The molecule has 1 atom stereocenters. The van der Waals surface area contributed by atoms with Crippen LogP contribution in [-0.2, 0) is 0 Å². The van der Waals surface area contributed by atoms with E-state index in [9.17, 15) is 4.79 Å². The average Bonchev–Trinajstić information content (AvgIpc) is 3.40. The van der Waals surface area contributed by atoms with Gasteiger partial charge in [0.05, 0.1) is 10.6 Å². The number of hydrogen-bond acceptors (Lipinski definition) is 9. The van der Waals surface area contributed by atoms with Crippen molar-refractivity contribution in [2.24, 2.45) is 0 Å². The van der Waals surface area contributed by atoms with E-state index in [0.717, 1.165) is 37.7 Å². The second-order valence-electron chi connectivity index (χ2n) is 5.82. The Morgan fingerprint density at radius 3 is 3.00 bits per heavy atom. The molecule has 1 unspecified atom stereocenters. The Bertz CT molecular complexity index is 1100. The molecule has 0 bridgehead atoms. The van der Waals surface area contributed by atoms with Crippen LogP contribution >= 0.6 is 45.8 Å². The van der Waals surface area contributed by atoms with Gasteiger partial charge >= 0.3 is 0 Å². The number of nitrogens with one attached hydrogen (secondary N) is 2. The Hall–Kier alpha value is -1.75. The SMILES string of the molecule is CCCNc1nnc(SC(C)c2nc3scc(-c4cccs4)c3c(=O)[nH]2)s1. The topological polar surface area (TPSA) is 83.6 Å². The monoisotopic (exact) mass is 435 g/mol. The van der Waals surface area contributed by atoms with E-state index in [-0.39, 0.29) is 10.8 Å². The van der Waals surface area contributed by atoms with Gasteiger partial charge in [0.25, 0.3) is 5.56 Å². The molecule has 0 amide bonds. The van der Waals surface area contributed by atoms with Crippen molar-refractivity contribution in [3.8, 4) is 10.4 Å². The molecule has 10 heteroatoms. The molecule has 6 nitrogen and oxygen atoms in total. The Kier molecular flexibility index (Phi) is 5.58. The Balaban J connectivity index is 1.58. The Morgan fingerprint density at radius 1 is 1.33 bits per heavy atom. The lowest BCUT2D eigenvalue weighted by Gasteiger charge is -2.08. The largest absolute Gasteiger partial charge is 0.360 e. The van der Waals surface area contributed by atoms with Gasteiger partial charge in [-0.1, -0.05) is 36.1 Å². The van der Waals surface area contributed by atoms with Crippen LogP contribution in [0.25, 0.3) is 20.7 Å². The van der Waals surface area contributed by atoms with Crippen molar-refractivity contribution in [2.75, 3.05) is 11.9 Å². The smallest absolute Gasteiger partial charge is 0.260 e. The predicted octanol–water partition coefficient (Wildman–Crippen LogP) is 5.24. The minimum Gasteiger partial charge on any atom is -0.360 e. The molecule has 140 valence electrons. The number of anilines is 1. The molecule has 0 fully saturated rings. The van der Waals surface area contributed by atoms with Crippen LogP contribution in [0.15, 0.2) is 32.0 Å². The van der Waals surface area contributed by atoms with Gasteiger partial charge in [-0.3, -0.25) is 4.79 Å². The molecule has 0 saturated carbocycles. The van der Waals surface area contributed by atoms with E-state index in [4.69, 9.17) is 4.98 Å². The molecular weight excluding hydrogens is 418 g/mol. The van der Waals surface area contributed by atoms with Crippen molar-refractivity contribution in [3.05, 3.63) is 39.1 Å². The second kappa shape index (κ2) is 8.09. The van der Waals surface area contributed by atoms with Crippen LogP contribution in [0.4, 0.5) is 5.13 Å². The highest BCUT2D eigenvalue weighted by Crippen LogP contribution is 2.38. The van der Waals surface area contributed by atoms with Gasteiger partial charge in [-0.15, -0.1) is 32.9 Å². The number of hydrogen-bond donors (Lipinski definition) is 2. The Labute approximate surface area is 172 Å². The summed E-state index contributed by atoms with van der Waals surface area (Å²) >= 11 is 6.21. The molecule has 0 radical (unpaired) electrons. The highest BCUT2D eigenvalue weighted by Gasteiger charge is 2.18. The maximum atomic E-state index is 12.7. The van der Waals surface area contributed by atoms with Crippen LogP contribution in [0.3, 0.4) is 0 Å². The van der Waals surface area contributed by atoms with Crippen LogP contribution in [0.5, 0.6) is 0 Å². The number of nitrogens with zero attached hydrogens (tertiary/aromatic N) is 3. The van der Waals surface area contributed by atoms with Crippen molar-refractivity contribution in [1.29, 1.82) is 0 Å². The number of thiophene rings is 2. The van der Waals surface area contributed by atoms with Crippen LogP contribution in [0, 0.1) is 0 Å². The molecule has 4 aromatic heterocycles. The van der Waals surface area contributed by atoms with Crippen LogP contribution in [-0.4, -0.2) is 26.7 Å². The average molecular weight is 436 g/mol. The molecule has 27 heavy (non-hydrogen) atoms. The van der Waals surface area contributed by atoms with Crippen molar-refractivity contribution in [3.63, 3.8) is 0 Å². The first kappa shape index (κ1) is 18.6. The standard InChI is InChI=1S/C17H17N5OS4/c1-3-6-18-16-21-22-17(27-16)26-9(2)13-19-14(23)12-10(8-25-15(12)20-13)11-5-4-7-24-11/h4-5,7-9H,3,6H2,1-2H3,(H,18,21)(H,19,20,23). The fourth-order valence-corrected chi connectivity index (χ4v) is 6.29. The zero-order chi connectivity index (χ0) is 18.8. The summed E-state index contributed by atoms with van der Waals surface area (Å²) in [4.78, 5) is 22.3. The molecule has 0 aliphatic rings. The van der Waals surface area contributed by atoms with E-state index >= 15 is 0 Å². The third kappa shape index (κ3) is 3.93. The molecule has 0 aromatic carbocycles. The highest BCUT2D eigenvalue weighted by atomic mass is 32.2. The van der Waals surface area contributed by atoms with E-state index in [1.165, 1.54) is 22.7 Å². The van der Waals surface area contributed by atoms with E-state index in [0.29, 0.717) is 11.2 Å². The maximum Gasteiger partial charge on any atom is 0.260 e. The fourth-order valence-electron chi connectivity index (χ4n) is 2.54. The summed E-state index contributed by atoms with van der Waals surface area (Å²) in [7, 11) is 0. The minimum absolute atomic E-state index is 0.0265. The normalized spacial score (nSPS) is 12.5. The highest BCUT2D eigenvalue weighted by molar-refractivity contribution is 8.01. The molecule has 0 aliphatic heterocycles. The first-order valence-corrected chi connectivity index (χ1v) is 11.9. The van der Waals surface area contributed by atoms with Crippen molar-refractivity contribution >= 4 is 61.1 Å². The van der Waals surface area contributed by atoms with Crippen LogP contribution in [0.1, 0.15) is 31.3 Å². The lowest BCUT2D eigenvalue weighted by atomic mass is 10.2. The van der Waals surface area contributed by atoms with E-state index in [2.05, 4.69) is 27.4 Å². The van der Waals surface area contributed by atoms with Gasteiger partial charge in [0, 0.05) is 22.4 Å². The quantitative estimate of drug-likeness (QED) is 0.386. The Morgan fingerprint density at radius 2 is 2.22 bits per heavy atom. The van der Waals surface area contributed by atoms with E-state index in [1.807, 2.05) is 29.8 Å². The lowest BCUT2D eigenvalue weighted by molar-refractivity contribution is 0.917. The van der Waals surface area contributed by atoms with Gasteiger partial charge in [-0.05, 0) is 24.8 Å². The summed E-state index contributed by atoms with van der Waals surface area (Å²) in [5.74, 6) is 0.662. The minimum atomic E-state index is -0.0883. The number of aromatic amines is 1. The summed E-state index contributed by atoms with van der Waals surface area (Å²) in [5, 5.41) is 17.1. The van der Waals surface area contributed by atoms with Crippen LogP contribution < -0.4 is 10.9 Å². The zero-order valence-corrected chi connectivity index (χ0v) is 17.9. The molecular formula is C17H17N5OS4. The van der Waals surface area contributed by atoms with Gasteiger partial charge < -0.3 is 10.3 Å². The molecule has 4 aromatic rings. The van der Waals surface area contributed by atoms with Gasteiger partial charge in [-0.25, -0.2) is 4.98 Å². The number of aromatic nitrogens is 4. The molecule has 0 aliphatic carbocycles. The molecule has 2 N–H and O–H groups in total. The molecule has 0 spiro atoms. The summed E-state index contributed by atoms with van der Waals surface area (Å²) in [6, 6.07) is 4.02. The van der Waals surface area contributed by atoms with E-state index < -0.39 is 0 Å². The predicted molar refractivity (Wildman–Crippen MR) is 117 cm³/mol. The number of H-pyrrole nitrogens is 1. The third-order valence-electron chi connectivity index (χ3n) is 3.84. The molecule has 4 rings (SSSR count). The van der Waals surface area contributed by atoms with Crippen molar-refractivity contribution < 1.29 is 0 Å². The lowest BCUT2D eigenvalue weighted by Crippen LogP contribution is -2.12. The van der Waals surface area contributed by atoms with Gasteiger partial charge in [0.2, 0.25) is 5.13 Å². The number of fused-ring (bicyclic) bond motifs is 1. The first-order chi connectivity index (χ1) is 13.2. The summed E-state index contributed by atoms with van der Waals surface area (Å²) < 4.78 is 0.856. The van der Waals surface area contributed by atoms with Crippen molar-refractivity contribution in [2.45, 2.75) is 29.9 Å². The summed E-state index contributed by atoms with van der Waals surface area (Å²) in [5.41, 5.74) is 0.871. The fraction of sp³-hybridized carbons (Fsp3) is 0.294. The summed E-state index contributed by atoms with van der Waals surface area (Å²) in [6.45, 7) is 5.01. The van der Waals surface area contributed by atoms with Gasteiger partial charge in [0.1, 0.15) is 10.7 Å². The number of rotatable bonds is 7. The molecule has 4 heterocycles. The zero-order valence-electron chi connectivity index (χ0n) is 14.7. The van der Waals surface area contributed by atoms with Gasteiger partial charge in [-0.2, -0.15) is 0 Å². The number of thioether (sulfide) groups is 1. The molecule has 0 saturated heterocycles. The van der Waals surface area contributed by atoms with Crippen molar-refractivity contribution in [1.82, 2.24) is 20.2 Å².